The van der Waals surface area contributed by atoms with Gasteiger partial charge in [0.15, 0.2) is 0 Å². The number of nitrogens with zero attached hydrogens (tertiary/aromatic N) is 1. The number of nitrogens with two attached hydrogens (primary N) is 1. The molecule has 0 saturated carbocycles. The van der Waals surface area contributed by atoms with Crippen LogP contribution in [-0.2, 0) is 11.2 Å². The zero-order valence-electron chi connectivity index (χ0n) is 10.4. The van der Waals surface area contributed by atoms with E-state index in [9.17, 15) is 4.79 Å². The Morgan fingerprint density at radius 2 is 2.18 bits per heavy atom. The minimum Gasteiger partial charge on any atom is -0.330 e. The van der Waals surface area contributed by atoms with Crippen molar-refractivity contribution in [2.45, 2.75) is 38.6 Å². The molecular weight excluding hydrogens is 212 g/mol. The SMILES string of the molecule is CC1Cc2ccccc2N1C(=O)CCCCN. The first-order chi connectivity index (χ1) is 8.24. The Balaban J connectivity index is 2.08. The number of unbranched alkanes of at least 4 members (excludes halogenated alkanes) is 1. The summed E-state index contributed by atoms with van der Waals surface area (Å²) in [5.74, 6) is 0.232. The second-order valence-electron chi connectivity index (χ2n) is 4.69. The lowest BCUT2D eigenvalue weighted by Gasteiger charge is -2.22. The number of carbonyl (C=O) groups is 1. The number of amides is 1. The van der Waals surface area contributed by atoms with E-state index >= 15 is 0 Å². The molecule has 0 saturated heterocycles. The van der Waals surface area contributed by atoms with Crippen LogP contribution in [0.4, 0.5) is 5.69 Å². The van der Waals surface area contributed by atoms with E-state index in [1.54, 1.807) is 0 Å². The van der Waals surface area contributed by atoms with Crippen molar-refractivity contribution in [2.24, 2.45) is 5.73 Å². The molecule has 0 fully saturated rings. The summed E-state index contributed by atoms with van der Waals surface area (Å²) >= 11 is 0. The first kappa shape index (κ1) is 12.1. The molecule has 1 amide bonds. The van der Waals surface area contributed by atoms with Crippen LogP contribution in [0.3, 0.4) is 0 Å². The van der Waals surface area contributed by atoms with Crippen molar-refractivity contribution in [3.8, 4) is 0 Å². The van der Waals surface area contributed by atoms with Gasteiger partial charge >= 0.3 is 0 Å². The molecule has 1 atom stereocenters. The smallest absolute Gasteiger partial charge is 0.227 e. The third kappa shape index (κ3) is 2.50. The largest absolute Gasteiger partial charge is 0.330 e. The van der Waals surface area contributed by atoms with Crippen molar-refractivity contribution in [2.75, 3.05) is 11.4 Å². The summed E-state index contributed by atoms with van der Waals surface area (Å²) in [5.41, 5.74) is 7.83. The van der Waals surface area contributed by atoms with E-state index in [1.165, 1.54) is 5.56 Å². The molecule has 2 rings (SSSR count). The van der Waals surface area contributed by atoms with Crippen molar-refractivity contribution in [1.82, 2.24) is 0 Å². The fourth-order valence-electron chi connectivity index (χ4n) is 2.49. The van der Waals surface area contributed by atoms with E-state index in [-0.39, 0.29) is 11.9 Å². The van der Waals surface area contributed by atoms with E-state index < -0.39 is 0 Å². The molecular formula is C14H20N2O. The van der Waals surface area contributed by atoms with Gasteiger partial charge in [-0.15, -0.1) is 0 Å². The molecule has 0 radical (unpaired) electrons. The molecule has 3 heteroatoms. The Kier molecular flexibility index (Phi) is 3.79. The molecule has 92 valence electrons. The minimum absolute atomic E-state index is 0.232. The molecule has 0 spiro atoms. The molecule has 1 heterocycles. The zero-order valence-corrected chi connectivity index (χ0v) is 10.4. The summed E-state index contributed by atoms with van der Waals surface area (Å²) < 4.78 is 0. The number of carbonyl (C=O) groups excluding carboxylic acids is 1. The van der Waals surface area contributed by atoms with Gasteiger partial charge in [-0.2, -0.15) is 0 Å². The number of benzene rings is 1. The maximum absolute atomic E-state index is 12.2. The van der Waals surface area contributed by atoms with Gasteiger partial charge in [-0.3, -0.25) is 4.79 Å². The Morgan fingerprint density at radius 3 is 2.94 bits per heavy atom. The average Bonchev–Trinajstić information content (AvgIpc) is 2.65. The first-order valence-electron chi connectivity index (χ1n) is 6.34. The van der Waals surface area contributed by atoms with Gasteiger partial charge in [0, 0.05) is 18.2 Å². The molecule has 3 nitrogen and oxygen atoms in total. The Bertz CT molecular complexity index is 403. The maximum atomic E-state index is 12.2. The first-order valence-corrected chi connectivity index (χ1v) is 6.34. The Hall–Kier alpha value is -1.35. The average molecular weight is 232 g/mol. The summed E-state index contributed by atoms with van der Waals surface area (Å²) in [6, 6.07) is 8.47. The van der Waals surface area contributed by atoms with Crippen molar-refractivity contribution in [3.05, 3.63) is 29.8 Å². The second-order valence-corrected chi connectivity index (χ2v) is 4.69. The van der Waals surface area contributed by atoms with Crippen LogP contribution in [0, 0.1) is 0 Å². The lowest BCUT2D eigenvalue weighted by atomic mass is 10.1. The molecule has 1 unspecified atom stereocenters. The maximum Gasteiger partial charge on any atom is 0.227 e. The predicted octanol–water partition coefficient (Wildman–Crippen LogP) is 2.09. The van der Waals surface area contributed by atoms with Crippen LogP contribution < -0.4 is 10.6 Å². The highest BCUT2D eigenvalue weighted by atomic mass is 16.2. The summed E-state index contributed by atoms with van der Waals surface area (Å²) in [4.78, 5) is 14.1. The molecule has 17 heavy (non-hydrogen) atoms. The van der Waals surface area contributed by atoms with Crippen molar-refractivity contribution in [3.63, 3.8) is 0 Å². The quantitative estimate of drug-likeness (QED) is 0.808. The van der Waals surface area contributed by atoms with Crippen LogP contribution >= 0.6 is 0 Å². The van der Waals surface area contributed by atoms with E-state index in [0.29, 0.717) is 13.0 Å². The molecule has 1 aliphatic heterocycles. The zero-order chi connectivity index (χ0) is 12.3. The highest BCUT2D eigenvalue weighted by molar-refractivity contribution is 5.96. The fourth-order valence-corrected chi connectivity index (χ4v) is 2.49. The van der Waals surface area contributed by atoms with Crippen molar-refractivity contribution in [1.29, 1.82) is 0 Å². The van der Waals surface area contributed by atoms with Crippen molar-refractivity contribution >= 4 is 11.6 Å². The van der Waals surface area contributed by atoms with Crippen LogP contribution in [0.5, 0.6) is 0 Å². The van der Waals surface area contributed by atoms with E-state index in [4.69, 9.17) is 5.73 Å². The van der Waals surface area contributed by atoms with Gasteiger partial charge in [0.2, 0.25) is 5.91 Å². The molecule has 1 aliphatic rings. The predicted molar refractivity (Wildman–Crippen MR) is 70.0 cm³/mol. The Morgan fingerprint density at radius 1 is 1.41 bits per heavy atom. The number of rotatable bonds is 4. The lowest BCUT2D eigenvalue weighted by molar-refractivity contribution is -0.119. The van der Waals surface area contributed by atoms with Gasteiger partial charge < -0.3 is 10.6 Å². The minimum atomic E-state index is 0.232. The number of anilines is 1. The van der Waals surface area contributed by atoms with Gasteiger partial charge in [-0.25, -0.2) is 0 Å². The van der Waals surface area contributed by atoms with Gasteiger partial charge in [0.05, 0.1) is 0 Å². The number of hydrogen-bond donors (Lipinski definition) is 1. The normalized spacial score (nSPS) is 18.2. The highest BCUT2D eigenvalue weighted by Gasteiger charge is 2.29. The summed E-state index contributed by atoms with van der Waals surface area (Å²) in [6.07, 6.45) is 3.39. The van der Waals surface area contributed by atoms with Crippen LogP contribution in [0.25, 0.3) is 0 Å². The third-order valence-corrected chi connectivity index (χ3v) is 3.32. The van der Waals surface area contributed by atoms with E-state index in [2.05, 4.69) is 13.0 Å². The standard InChI is InChI=1S/C14H20N2O/c1-11-10-12-6-2-3-7-13(12)16(11)14(17)8-4-5-9-15/h2-3,6-7,11H,4-5,8-10,15H2,1H3. The van der Waals surface area contributed by atoms with E-state index in [1.807, 2.05) is 23.1 Å². The van der Waals surface area contributed by atoms with Crippen LogP contribution in [-0.4, -0.2) is 18.5 Å². The van der Waals surface area contributed by atoms with Gasteiger partial charge in [0.25, 0.3) is 0 Å². The van der Waals surface area contributed by atoms with Gasteiger partial charge in [-0.1, -0.05) is 18.2 Å². The number of para-hydroxylation sites is 1. The topological polar surface area (TPSA) is 46.3 Å². The van der Waals surface area contributed by atoms with Gasteiger partial charge in [0.1, 0.15) is 0 Å². The summed E-state index contributed by atoms with van der Waals surface area (Å²) in [7, 11) is 0. The highest BCUT2D eigenvalue weighted by Crippen LogP contribution is 2.32. The summed E-state index contributed by atoms with van der Waals surface area (Å²) in [6.45, 7) is 2.78. The van der Waals surface area contributed by atoms with Crippen LogP contribution in [0.1, 0.15) is 31.7 Å². The molecule has 1 aromatic rings. The van der Waals surface area contributed by atoms with Crippen LogP contribution in [0.15, 0.2) is 24.3 Å². The molecule has 0 aliphatic carbocycles. The van der Waals surface area contributed by atoms with Crippen molar-refractivity contribution < 1.29 is 4.79 Å². The molecule has 2 N–H and O–H groups in total. The molecule has 0 bridgehead atoms. The number of fused-ring (bicyclic) bond motifs is 1. The second kappa shape index (κ2) is 5.32. The van der Waals surface area contributed by atoms with Crippen LogP contribution in [0.2, 0.25) is 0 Å². The lowest BCUT2D eigenvalue weighted by Crippen LogP contribution is -2.35. The van der Waals surface area contributed by atoms with Gasteiger partial charge in [-0.05, 0) is 44.4 Å². The Labute approximate surface area is 103 Å². The fraction of sp³-hybridized carbons (Fsp3) is 0.500. The summed E-state index contributed by atoms with van der Waals surface area (Å²) in [5, 5.41) is 0. The molecule has 0 aromatic heterocycles. The van der Waals surface area contributed by atoms with E-state index in [0.717, 1.165) is 24.9 Å². The molecule has 1 aromatic carbocycles. The third-order valence-electron chi connectivity index (χ3n) is 3.32. The monoisotopic (exact) mass is 232 g/mol. The number of hydrogen-bond acceptors (Lipinski definition) is 2.